The van der Waals surface area contributed by atoms with Gasteiger partial charge < -0.3 is 29.0 Å². The monoisotopic (exact) mass is 505 g/mol. The van der Waals surface area contributed by atoms with Gasteiger partial charge >= 0.3 is 12.1 Å². The van der Waals surface area contributed by atoms with Crippen molar-refractivity contribution in [1.82, 2.24) is 4.90 Å². The Morgan fingerprint density at radius 1 is 0.946 bits per heavy atom. The number of rotatable bonds is 10. The van der Waals surface area contributed by atoms with Crippen LogP contribution in [0.15, 0.2) is 78.9 Å². The number of likely N-dealkylation sites (tertiary alicyclic amines) is 1. The number of piperidine rings is 1. The number of carbonyl (C=O) groups is 2. The number of methoxy groups -OCH3 is 1. The second-order valence-electron chi connectivity index (χ2n) is 8.70. The smallest absolute Gasteiger partial charge is 0.407 e. The van der Waals surface area contributed by atoms with E-state index in [0.717, 1.165) is 16.9 Å². The van der Waals surface area contributed by atoms with Crippen molar-refractivity contribution in [1.29, 1.82) is 0 Å². The Morgan fingerprint density at radius 2 is 1.68 bits per heavy atom. The Hall–Kier alpha value is -4.04. The van der Waals surface area contributed by atoms with Gasteiger partial charge in [-0.1, -0.05) is 48.5 Å². The van der Waals surface area contributed by atoms with Gasteiger partial charge in [-0.2, -0.15) is 0 Å². The highest BCUT2D eigenvalue weighted by Crippen LogP contribution is 2.33. The van der Waals surface area contributed by atoms with Crippen LogP contribution in [0.25, 0.3) is 0 Å². The zero-order valence-electron chi connectivity index (χ0n) is 20.7. The normalized spacial score (nSPS) is 17.2. The average Bonchev–Trinajstić information content (AvgIpc) is 2.95. The average molecular weight is 506 g/mol. The highest BCUT2D eigenvalue weighted by molar-refractivity contribution is 5.89. The van der Waals surface area contributed by atoms with E-state index in [1.165, 1.54) is 4.90 Å². The van der Waals surface area contributed by atoms with Gasteiger partial charge in [0.1, 0.15) is 24.7 Å². The van der Waals surface area contributed by atoms with Gasteiger partial charge in [-0.25, -0.2) is 9.59 Å². The van der Waals surface area contributed by atoms with E-state index in [-0.39, 0.29) is 31.2 Å². The molecule has 1 amide bonds. The first-order chi connectivity index (χ1) is 18.0. The zero-order chi connectivity index (χ0) is 26.0. The molecule has 2 atom stereocenters. The summed E-state index contributed by atoms with van der Waals surface area (Å²) in [7, 11) is 1.62. The second kappa shape index (κ2) is 12.8. The third-order valence-corrected chi connectivity index (χ3v) is 6.38. The van der Waals surface area contributed by atoms with Crippen molar-refractivity contribution in [3.8, 4) is 11.5 Å². The summed E-state index contributed by atoms with van der Waals surface area (Å²) in [6.07, 6.45) is -0.599. The molecular formula is C29H31NO7. The fourth-order valence-electron chi connectivity index (χ4n) is 4.42. The summed E-state index contributed by atoms with van der Waals surface area (Å²) < 4.78 is 22.7. The standard InChI is InChI=1S/C29H31NO7/c1-34-26-10-6-5-9-23(26)20-37-27-19-30(29(32)33)16-15-25(27)21-11-13-24(14-12-21)35-17-18-36-28(31)22-7-3-2-4-8-22/h2-14,25,27H,15-20H2,1H3,(H,32,33). The lowest BCUT2D eigenvalue weighted by Crippen LogP contribution is -2.46. The number of ether oxygens (including phenoxy) is 4. The summed E-state index contributed by atoms with van der Waals surface area (Å²) in [5.74, 6) is 1.05. The first kappa shape index (κ1) is 26.0. The van der Waals surface area contributed by atoms with Gasteiger partial charge in [0, 0.05) is 18.0 Å². The third-order valence-electron chi connectivity index (χ3n) is 6.38. The summed E-state index contributed by atoms with van der Waals surface area (Å²) in [6, 6.07) is 24.2. The van der Waals surface area contributed by atoms with Crippen LogP contribution < -0.4 is 9.47 Å². The lowest BCUT2D eigenvalue weighted by molar-refractivity contribution is -0.0205. The fourth-order valence-corrected chi connectivity index (χ4v) is 4.42. The SMILES string of the molecule is COc1ccccc1COC1CN(C(=O)O)CCC1c1ccc(OCCOC(=O)c2ccccc2)cc1. The van der Waals surface area contributed by atoms with Crippen LogP contribution in [0.2, 0.25) is 0 Å². The van der Waals surface area contributed by atoms with Crippen LogP contribution in [0.1, 0.15) is 33.8 Å². The van der Waals surface area contributed by atoms with Gasteiger partial charge in [-0.05, 0) is 42.3 Å². The van der Waals surface area contributed by atoms with E-state index in [4.69, 9.17) is 18.9 Å². The van der Waals surface area contributed by atoms with Crippen molar-refractivity contribution < 1.29 is 33.6 Å². The molecule has 0 radical (unpaired) electrons. The van der Waals surface area contributed by atoms with Crippen molar-refractivity contribution in [2.75, 3.05) is 33.4 Å². The predicted molar refractivity (Wildman–Crippen MR) is 137 cm³/mol. The molecule has 8 heteroatoms. The van der Waals surface area contributed by atoms with Crippen molar-refractivity contribution in [2.24, 2.45) is 0 Å². The van der Waals surface area contributed by atoms with Gasteiger partial charge in [-0.15, -0.1) is 0 Å². The van der Waals surface area contributed by atoms with Gasteiger partial charge in [0.15, 0.2) is 0 Å². The molecule has 8 nitrogen and oxygen atoms in total. The Morgan fingerprint density at radius 3 is 2.41 bits per heavy atom. The molecule has 1 aliphatic rings. The lowest BCUT2D eigenvalue weighted by atomic mass is 9.87. The molecule has 0 saturated carbocycles. The van der Waals surface area contributed by atoms with E-state index in [1.807, 2.05) is 54.6 Å². The molecule has 0 aromatic heterocycles. The van der Waals surface area contributed by atoms with E-state index in [0.29, 0.717) is 37.4 Å². The molecule has 1 N–H and O–H groups in total. The van der Waals surface area contributed by atoms with Crippen LogP contribution >= 0.6 is 0 Å². The number of hydrogen-bond acceptors (Lipinski definition) is 6. The Bertz CT molecular complexity index is 1170. The molecule has 0 aliphatic carbocycles. The summed E-state index contributed by atoms with van der Waals surface area (Å²) in [5, 5.41) is 9.52. The number of amides is 1. The summed E-state index contributed by atoms with van der Waals surface area (Å²) in [5.41, 5.74) is 2.47. The van der Waals surface area contributed by atoms with E-state index < -0.39 is 6.09 Å². The lowest BCUT2D eigenvalue weighted by Gasteiger charge is -2.37. The topological polar surface area (TPSA) is 94.5 Å². The minimum Gasteiger partial charge on any atom is -0.496 e. The predicted octanol–water partition coefficient (Wildman–Crippen LogP) is 4.98. The maximum absolute atomic E-state index is 12.0. The molecule has 194 valence electrons. The number of hydrogen-bond donors (Lipinski definition) is 1. The number of nitrogens with zero attached hydrogens (tertiary/aromatic N) is 1. The number of para-hydroxylation sites is 1. The van der Waals surface area contributed by atoms with E-state index >= 15 is 0 Å². The Kier molecular flexibility index (Phi) is 8.99. The Labute approximate surface area is 216 Å². The largest absolute Gasteiger partial charge is 0.496 e. The minimum absolute atomic E-state index is 0.0335. The molecule has 1 aliphatic heterocycles. The van der Waals surface area contributed by atoms with E-state index in [1.54, 1.807) is 31.4 Å². The first-order valence-electron chi connectivity index (χ1n) is 12.2. The van der Waals surface area contributed by atoms with E-state index in [9.17, 15) is 14.7 Å². The highest BCUT2D eigenvalue weighted by atomic mass is 16.6. The summed E-state index contributed by atoms with van der Waals surface area (Å²) >= 11 is 0. The summed E-state index contributed by atoms with van der Waals surface area (Å²) in [6.45, 7) is 1.43. The van der Waals surface area contributed by atoms with Gasteiger partial charge in [0.2, 0.25) is 0 Å². The van der Waals surface area contributed by atoms with Gasteiger partial charge in [0.25, 0.3) is 0 Å². The van der Waals surface area contributed by atoms with Crippen LogP contribution in [0.5, 0.6) is 11.5 Å². The maximum Gasteiger partial charge on any atom is 0.407 e. The molecule has 1 saturated heterocycles. The molecule has 1 fully saturated rings. The summed E-state index contributed by atoms with van der Waals surface area (Å²) in [4.78, 5) is 25.0. The van der Waals surface area contributed by atoms with Crippen LogP contribution in [0.3, 0.4) is 0 Å². The fraction of sp³-hybridized carbons (Fsp3) is 0.310. The molecule has 3 aromatic carbocycles. The number of esters is 1. The van der Waals surface area contributed by atoms with Crippen LogP contribution in [0, 0.1) is 0 Å². The van der Waals surface area contributed by atoms with Crippen LogP contribution in [0.4, 0.5) is 4.79 Å². The van der Waals surface area contributed by atoms with Crippen molar-refractivity contribution >= 4 is 12.1 Å². The second-order valence-corrected chi connectivity index (χ2v) is 8.70. The van der Waals surface area contributed by atoms with Gasteiger partial charge in [-0.3, -0.25) is 0 Å². The molecular weight excluding hydrogens is 474 g/mol. The number of carboxylic acid groups (broad SMARTS) is 1. The molecule has 4 rings (SSSR count). The number of benzene rings is 3. The number of carbonyl (C=O) groups excluding carboxylic acids is 1. The van der Waals surface area contributed by atoms with Crippen molar-refractivity contribution in [2.45, 2.75) is 25.0 Å². The maximum atomic E-state index is 12.0. The molecule has 0 bridgehead atoms. The van der Waals surface area contributed by atoms with Crippen molar-refractivity contribution in [3.63, 3.8) is 0 Å². The van der Waals surface area contributed by atoms with Gasteiger partial charge in [0.05, 0.1) is 31.9 Å². The van der Waals surface area contributed by atoms with Crippen LogP contribution in [-0.2, 0) is 16.1 Å². The first-order valence-corrected chi connectivity index (χ1v) is 12.2. The van der Waals surface area contributed by atoms with Crippen molar-refractivity contribution in [3.05, 3.63) is 95.6 Å². The Balaban J connectivity index is 1.34. The molecule has 3 aromatic rings. The quantitative estimate of drug-likeness (QED) is 0.307. The molecule has 1 heterocycles. The molecule has 2 unspecified atom stereocenters. The third kappa shape index (κ3) is 7.01. The minimum atomic E-state index is -0.943. The molecule has 0 spiro atoms. The zero-order valence-corrected chi connectivity index (χ0v) is 20.7. The van der Waals surface area contributed by atoms with E-state index in [2.05, 4.69) is 0 Å². The molecule has 37 heavy (non-hydrogen) atoms. The van der Waals surface area contributed by atoms with Crippen LogP contribution in [-0.4, -0.2) is 61.6 Å². The highest BCUT2D eigenvalue weighted by Gasteiger charge is 2.33.